The van der Waals surface area contributed by atoms with Crippen molar-refractivity contribution >= 4 is 16.9 Å². The van der Waals surface area contributed by atoms with E-state index in [1.807, 2.05) is 18.2 Å². The van der Waals surface area contributed by atoms with Crippen molar-refractivity contribution in [2.24, 2.45) is 5.73 Å². The molecule has 0 amide bonds. The molecular formula is C11H11NO3. The molecule has 2 N–H and O–H groups in total. The van der Waals surface area contributed by atoms with Gasteiger partial charge >= 0.3 is 5.97 Å². The van der Waals surface area contributed by atoms with Crippen LogP contribution in [0.15, 0.2) is 28.9 Å². The monoisotopic (exact) mass is 205 g/mol. The van der Waals surface area contributed by atoms with Gasteiger partial charge in [-0.25, -0.2) is 4.79 Å². The molecule has 0 aliphatic carbocycles. The second-order valence-corrected chi connectivity index (χ2v) is 3.14. The third kappa shape index (κ3) is 1.49. The zero-order valence-electron chi connectivity index (χ0n) is 8.32. The van der Waals surface area contributed by atoms with Crippen LogP contribution in [-0.2, 0) is 11.3 Å². The second kappa shape index (κ2) is 3.74. The Morgan fingerprint density at radius 2 is 2.33 bits per heavy atom. The molecule has 0 radical (unpaired) electrons. The number of rotatable bonds is 2. The van der Waals surface area contributed by atoms with Gasteiger partial charge in [0.05, 0.1) is 7.11 Å². The Labute approximate surface area is 86.6 Å². The summed E-state index contributed by atoms with van der Waals surface area (Å²) in [5.41, 5.74) is 7.52. The number of carbonyl (C=O) groups is 1. The molecule has 1 aromatic heterocycles. The molecule has 0 spiro atoms. The number of furan rings is 1. The molecule has 0 aliphatic rings. The van der Waals surface area contributed by atoms with Crippen molar-refractivity contribution in [2.45, 2.75) is 6.54 Å². The summed E-state index contributed by atoms with van der Waals surface area (Å²) in [7, 11) is 1.34. The van der Waals surface area contributed by atoms with Crippen molar-refractivity contribution in [1.82, 2.24) is 0 Å². The minimum Gasteiger partial charge on any atom is -0.465 e. The maximum Gasteiger partial charge on any atom is 0.341 e. The summed E-state index contributed by atoms with van der Waals surface area (Å²) in [6.45, 7) is 0.380. The minimum atomic E-state index is -0.400. The lowest BCUT2D eigenvalue weighted by Crippen LogP contribution is -2.00. The van der Waals surface area contributed by atoms with Crippen molar-refractivity contribution in [3.8, 4) is 0 Å². The van der Waals surface area contributed by atoms with Crippen LogP contribution in [-0.4, -0.2) is 13.1 Å². The lowest BCUT2D eigenvalue weighted by atomic mass is 10.1. The van der Waals surface area contributed by atoms with Crippen LogP contribution < -0.4 is 5.73 Å². The average molecular weight is 205 g/mol. The summed E-state index contributed by atoms with van der Waals surface area (Å²) in [5.74, 6) is -0.400. The molecule has 78 valence electrons. The molecular weight excluding hydrogens is 194 g/mol. The number of benzene rings is 1. The van der Waals surface area contributed by atoms with Crippen molar-refractivity contribution in [1.29, 1.82) is 0 Å². The van der Waals surface area contributed by atoms with E-state index in [4.69, 9.17) is 10.2 Å². The first kappa shape index (κ1) is 9.73. The fourth-order valence-electron chi connectivity index (χ4n) is 1.55. The van der Waals surface area contributed by atoms with E-state index < -0.39 is 5.97 Å². The predicted octanol–water partition coefficient (Wildman–Crippen LogP) is 1.68. The van der Waals surface area contributed by atoms with Gasteiger partial charge in [-0.1, -0.05) is 18.2 Å². The summed E-state index contributed by atoms with van der Waals surface area (Å²) in [5, 5.41) is 0.741. The molecule has 0 bridgehead atoms. The fraction of sp³-hybridized carbons (Fsp3) is 0.182. The van der Waals surface area contributed by atoms with Crippen molar-refractivity contribution in [2.75, 3.05) is 7.11 Å². The molecule has 1 aromatic carbocycles. The molecule has 2 rings (SSSR count). The van der Waals surface area contributed by atoms with Crippen LogP contribution in [0.25, 0.3) is 11.0 Å². The van der Waals surface area contributed by atoms with Gasteiger partial charge in [0.25, 0.3) is 0 Å². The Morgan fingerprint density at radius 3 is 3.00 bits per heavy atom. The molecule has 0 aliphatic heterocycles. The Kier molecular flexibility index (Phi) is 2.43. The average Bonchev–Trinajstić information content (AvgIpc) is 2.71. The van der Waals surface area contributed by atoms with Crippen LogP contribution in [0.5, 0.6) is 0 Å². The van der Waals surface area contributed by atoms with Crippen molar-refractivity contribution < 1.29 is 13.9 Å². The van der Waals surface area contributed by atoms with E-state index in [-0.39, 0.29) is 0 Å². The molecule has 1 heterocycles. The van der Waals surface area contributed by atoms with Gasteiger partial charge in [-0.05, 0) is 0 Å². The van der Waals surface area contributed by atoms with Crippen LogP contribution in [0.4, 0.5) is 0 Å². The summed E-state index contributed by atoms with van der Waals surface area (Å²) in [4.78, 5) is 11.4. The van der Waals surface area contributed by atoms with Crippen LogP contribution in [0, 0.1) is 0 Å². The van der Waals surface area contributed by atoms with Crippen LogP contribution >= 0.6 is 0 Å². The Bertz CT molecular complexity index is 502. The van der Waals surface area contributed by atoms with E-state index in [0.717, 1.165) is 10.9 Å². The number of fused-ring (bicyclic) bond motifs is 1. The first-order valence-electron chi connectivity index (χ1n) is 4.55. The summed E-state index contributed by atoms with van der Waals surface area (Å²) >= 11 is 0. The normalized spacial score (nSPS) is 10.5. The number of esters is 1. The van der Waals surface area contributed by atoms with E-state index in [2.05, 4.69) is 4.74 Å². The molecule has 0 saturated heterocycles. The first-order valence-corrected chi connectivity index (χ1v) is 4.55. The number of ether oxygens (including phenoxy) is 1. The lowest BCUT2D eigenvalue weighted by molar-refractivity contribution is 0.0602. The quantitative estimate of drug-likeness (QED) is 0.757. The predicted molar refractivity (Wildman–Crippen MR) is 55.4 cm³/mol. The number of methoxy groups -OCH3 is 1. The molecule has 0 atom stereocenters. The number of hydrogen-bond donors (Lipinski definition) is 1. The third-order valence-electron chi connectivity index (χ3n) is 2.31. The molecule has 0 fully saturated rings. The number of hydrogen-bond acceptors (Lipinski definition) is 4. The Balaban J connectivity index is 2.66. The third-order valence-corrected chi connectivity index (χ3v) is 2.31. The molecule has 0 saturated carbocycles. The highest BCUT2D eigenvalue weighted by Crippen LogP contribution is 2.24. The standard InChI is InChI=1S/C11H11NO3/c1-14-11(13)9-6-15-10-7(5-12)3-2-4-8(9)10/h2-4,6H,5,12H2,1H3. The van der Waals surface area contributed by atoms with Gasteiger partial charge in [-0.2, -0.15) is 0 Å². The highest BCUT2D eigenvalue weighted by atomic mass is 16.5. The van der Waals surface area contributed by atoms with Crippen molar-refractivity contribution in [3.05, 3.63) is 35.6 Å². The zero-order chi connectivity index (χ0) is 10.8. The van der Waals surface area contributed by atoms with E-state index >= 15 is 0 Å². The van der Waals surface area contributed by atoms with E-state index in [9.17, 15) is 4.79 Å². The molecule has 0 unspecified atom stereocenters. The number of para-hydroxylation sites is 1. The van der Waals surface area contributed by atoms with E-state index in [1.165, 1.54) is 13.4 Å². The molecule has 4 nitrogen and oxygen atoms in total. The van der Waals surface area contributed by atoms with Crippen LogP contribution in [0.3, 0.4) is 0 Å². The van der Waals surface area contributed by atoms with Crippen molar-refractivity contribution in [3.63, 3.8) is 0 Å². The Morgan fingerprint density at radius 1 is 1.53 bits per heavy atom. The highest BCUT2D eigenvalue weighted by molar-refractivity contribution is 6.03. The summed E-state index contributed by atoms with van der Waals surface area (Å²) < 4.78 is 9.96. The second-order valence-electron chi connectivity index (χ2n) is 3.14. The maximum atomic E-state index is 11.4. The first-order chi connectivity index (χ1) is 7.27. The SMILES string of the molecule is COC(=O)c1coc2c(CN)cccc12. The van der Waals surface area contributed by atoms with Gasteiger partial charge in [-0.3, -0.25) is 0 Å². The largest absolute Gasteiger partial charge is 0.465 e. The lowest BCUT2D eigenvalue weighted by Gasteiger charge is -1.98. The van der Waals surface area contributed by atoms with Gasteiger partial charge in [-0.15, -0.1) is 0 Å². The minimum absolute atomic E-state index is 0.380. The van der Waals surface area contributed by atoms with Gasteiger partial charge < -0.3 is 14.9 Å². The topological polar surface area (TPSA) is 65.5 Å². The van der Waals surface area contributed by atoms with Gasteiger partial charge in [0.15, 0.2) is 0 Å². The molecule has 2 aromatic rings. The van der Waals surface area contributed by atoms with E-state index in [1.54, 1.807) is 0 Å². The summed E-state index contributed by atoms with van der Waals surface area (Å²) in [6.07, 6.45) is 1.40. The van der Waals surface area contributed by atoms with Gasteiger partial charge in [0.2, 0.25) is 0 Å². The van der Waals surface area contributed by atoms with Crippen LogP contribution in [0.1, 0.15) is 15.9 Å². The number of carbonyl (C=O) groups excluding carboxylic acids is 1. The van der Waals surface area contributed by atoms with E-state index in [0.29, 0.717) is 17.7 Å². The maximum absolute atomic E-state index is 11.4. The fourth-order valence-corrected chi connectivity index (χ4v) is 1.55. The van der Waals surface area contributed by atoms with Gasteiger partial charge in [0.1, 0.15) is 17.4 Å². The Hall–Kier alpha value is -1.81. The highest BCUT2D eigenvalue weighted by Gasteiger charge is 2.15. The zero-order valence-corrected chi connectivity index (χ0v) is 8.32. The molecule has 4 heteroatoms. The van der Waals surface area contributed by atoms with Gasteiger partial charge in [0, 0.05) is 17.5 Å². The van der Waals surface area contributed by atoms with Crippen LogP contribution in [0.2, 0.25) is 0 Å². The summed E-state index contributed by atoms with van der Waals surface area (Å²) in [6, 6.07) is 5.52. The molecule has 15 heavy (non-hydrogen) atoms. The smallest absolute Gasteiger partial charge is 0.341 e. The number of nitrogens with two attached hydrogens (primary N) is 1.